The topological polar surface area (TPSA) is 49.7 Å². The molecule has 0 radical (unpaired) electrons. The molecule has 0 amide bonds. The van der Waals surface area contributed by atoms with E-state index in [0.717, 1.165) is 23.1 Å². The summed E-state index contributed by atoms with van der Waals surface area (Å²) in [6.45, 7) is 0.563. The molecule has 0 aromatic heterocycles. The summed E-state index contributed by atoms with van der Waals surface area (Å²) in [5.41, 5.74) is 3.68. The molecule has 1 unspecified atom stereocenters. The van der Waals surface area contributed by atoms with Crippen LogP contribution in [0.1, 0.15) is 23.1 Å². The van der Waals surface area contributed by atoms with Crippen LogP contribution in [0, 0.1) is 0 Å². The highest BCUT2D eigenvalue weighted by atomic mass is 32.2. The first-order valence-corrected chi connectivity index (χ1v) is 10.2. The van der Waals surface area contributed by atoms with Crippen molar-refractivity contribution in [1.82, 2.24) is 0 Å². The lowest BCUT2D eigenvalue weighted by atomic mass is 9.84. The van der Waals surface area contributed by atoms with E-state index in [1.165, 1.54) is 0 Å². The summed E-state index contributed by atoms with van der Waals surface area (Å²) in [5, 5.41) is 9.48. The third-order valence-corrected chi connectivity index (χ3v) is 6.86. The minimum Gasteiger partial charge on any atom is -0.477 e. The zero-order valence-corrected chi connectivity index (χ0v) is 16.2. The Hall–Kier alpha value is -2.85. The highest BCUT2D eigenvalue weighted by molar-refractivity contribution is 8.02. The second-order valence-electron chi connectivity index (χ2n) is 6.75. The van der Waals surface area contributed by atoms with Gasteiger partial charge in [0.05, 0.1) is 10.00 Å². The molecule has 1 heterocycles. The number of rotatable bonds is 6. The molecule has 140 valence electrons. The number of aliphatic imine (C=N–C) groups is 1. The van der Waals surface area contributed by atoms with E-state index in [0.29, 0.717) is 6.54 Å². The van der Waals surface area contributed by atoms with Crippen LogP contribution >= 0.6 is 11.8 Å². The molecular weight excluding hydrogens is 366 g/mol. The lowest BCUT2D eigenvalue weighted by Crippen LogP contribution is -2.32. The van der Waals surface area contributed by atoms with Crippen LogP contribution < -0.4 is 0 Å². The van der Waals surface area contributed by atoms with E-state index in [1.54, 1.807) is 11.8 Å². The Morgan fingerprint density at radius 2 is 1.25 bits per heavy atom. The molecule has 3 aromatic carbocycles. The highest BCUT2D eigenvalue weighted by Crippen LogP contribution is 2.51. The van der Waals surface area contributed by atoms with Crippen molar-refractivity contribution in [3.63, 3.8) is 0 Å². The maximum atomic E-state index is 11.8. The van der Waals surface area contributed by atoms with E-state index in [-0.39, 0.29) is 11.0 Å². The molecule has 0 saturated carbocycles. The van der Waals surface area contributed by atoms with Crippen LogP contribution in [0.4, 0.5) is 0 Å². The Balaban J connectivity index is 1.94. The number of carboxylic acids is 1. The molecule has 0 spiro atoms. The van der Waals surface area contributed by atoms with Gasteiger partial charge in [-0.1, -0.05) is 91.0 Å². The van der Waals surface area contributed by atoms with Crippen molar-refractivity contribution < 1.29 is 9.90 Å². The number of thioether (sulfide) groups is 1. The number of aliphatic carboxylic acids is 1. The monoisotopic (exact) mass is 387 g/mol. The molecule has 4 heteroatoms. The summed E-state index contributed by atoms with van der Waals surface area (Å²) in [7, 11) is 0. The Morgan fingerprint density at radius 3 is 1.64 bits per heavy atom. The molecule has 1 N–H and O–H groups in total. The van der Waals surface area contributed by atoms with Crippen molar-refractivity contribution in [2.45, 2.75) is 16.4 Å². The largest absolute Gasteiger partial charge is 0.477 e. The predicted octanol–water partition coefficient (Wildman–Crippen LogP) is 5.01. The van der Waals surface area contributed by atoms with Crippen LogP contribution in [0.5, 0.6) is 0 Å². The van der Waals surface area contributed by atoms with Gasteiger partial charge in [-0.15, -0.1) is 11.8 Å². The van der Waals surface area contributed by atoms with Gasteiger partial charge in [0.25, 0.3) is 0 Å². The fourth-order valence-electron chi connectivity index (χ4n) is 3.80. The Kier molecular flexibility index (Phi) is 5.31. The average Bonchev–Trinajstić information content (AvgIpc) is 3.22. The van der Waals surface area contributed by atoms with Crippen molar-refractivity contribution in [2.24, 2.45) is 4.99 Å². The van der Waals surface area contributed by atoms with Gasteiger partial charge in [0.1, 0.15) is 5.71 Å². The number of benzene rings is 3. The standard InChI is InChI=1S/C24H21NO2S/c26-23(27)22-21(16-17-25-22)28-24(18-10-4-1-5-11-18,19-12-6-2-7-13-19)20-14-8-3-9-15-20/h1-15,21H,16-17H2,(H,26,27). The first kappa shape index (κ1) is 18.5. The quantitative estimate of drug-likeness (QED) is 0.605. The molecule has 0 saturated heterocycles. The summed E-state index contributed by atoms with van der Waals surface area (Å²) in [6.07, 6.45) is 0.737. The Labute approximate surface area is 169 Å². The summed E-state index contributed by atoms with van der Waals surface area (Å²) in [6, 6.07) is 31.0. The summed E-state index contributed by atoms with van der Waals surface area (Å²) in [4.78, 5) is 16.0. The van der Waals surface area contributed by atoms with Gasteiger partial charge in [0.2, 0.25) is 0 Å². The zero-order chi connectivity index (χ0) is 19.4. The lowest BCUT2D eigenvalue weighted by molar-refractivity contribution is -0.129. The molecule has 1 aliphatic heterocycles. The number of carbonyl (C=O) groups is 1. The van der Waals surface area contributed by atoms with Crippen LogP contribution in [0.15, 0.2) is 96.0 Å². The van der Waals surface area contributed by atoms with E-state index in [4.69, 9.17) is 0 Å². The van der Waals surface area contributed by atoms with Crippen molar-refractivity contribution in [3.8, 4) is 0 Å². The maximum Gasteiger partial charge on any atom is 0.350 e. The normalized spacial score (nSPS) is 16.6. The van der Waals surface area contributed by atoms with Gasteiger partial charge in [-0.25, -0.2) is 4.79 Å². The van der Waals surface area contributed by atoms with Crippen LogP contribution in [0.3, 0.4) is 0 Å². The minimum atomic E-state index is -0.918. The van der Waals surface area contributed by atoms with Crippen molar-refractivity contribution >= 4 is 23.4 Å². The van der Waals surface area contributed by atoms with Gasteiger partial charge in [0, 0.05) is 6.54 Å². The van der Waals surface area contributed by atoms with Gasteiger partial charge in [0.15, 0.2) is 0 Å². The van der Waals surface area contributed by atoms with E-state index >= 15 is 0 Å². The van der Waals surface area contributed by atoms with Gasteiger partial charge >= 0.3 is 5.97 Å². The molecule has 1 atom stereocenters. The molecular formula is C24H21NO2S. The SMILES string of the molecule is O=C(O)C1=NCCC1SC(c1ccccc1)(c1ccccc1)c1ccccc1. The minimum absolute atomic E-state index is 0.168. The van der Waals surface area contributed by atoms with Gasteiger partial charge < -0.3 is 5.11 Å². The first-order chi connectivity index (χ1) is 13.7. The number of nitrogens with zero attached hydrogens (tertiary/aromatic N) is 1. The molecule has 3 nitrogen and oxygen atoms in total. The first-order valence-electron chi connectivity index (χ1n) is 9.34. The van der Waals surface area contributed by atoms with Crippen molar-refractivity contribution in [1.29, 1.82) is 0 Å². The van der Waals surface area contributed by atoms with Crippen LogP contribution in [-0.2, 0) is 9.54 Å². The fourth-order valence-corrected chi connectivity index (χ4v) is 5.55. The molecule has 0 aliphatic carbocycles. The van der Waals surface area contributed by atoms with Crippen molar-refractivity contribution in [3.05, 3.63) is 108 Å². The zero-order valence-electron chi connectivity index (χ0n) is 15.4. The summed E-state index contributed by atoms with van der Waals surface area (Å²) >= 11 is 1.68. The number of hydrogen-bond acceptors (Lipinski definition) is 3. The molecule has 4 rings (SSSR count). The van der Waals surface area contributed by atoms with E-state index in [1.807, 2.05) is 54.6 Å². The third kappa shape index (κ3) is 3.36. The number of carboxylic acid groups (broad SMARTS) is 1. The molecule has 0 fully saturated rings. The lowest BCUT2D eigenvalue weighted by Gasteiger charge is -2.37. The third-order valence-electron chi connectivity index (χ3n) is 5.06. The summed E-state index contributed by atoms with van der Waals surface area (Å²) < 4.78 is -0.519. The summed E-state index contributed by atoms with van der Waals surface area (Å²) in [5.74, 6) is -0.918. The van der Waals surface area contributed by atoms with Crippen LogP contribution in [0.2, 0.25) is 0 Å². The number of hydrogen-bond donors (Lipinski definition) is 1. The second kappa shape index (κ2) is 8.03. The molecule has 0 bridgehead atoms. The van der Waals surface area contributed by atoms with Gasteiger partial charge in [-0.2, -0.15) is 0 Å². The maximum absolute atomic E-state index is 11.8. The Bertz CT molecular complexity index is 875. The van der Waals surface area contributed by atoms with Gasteiger partial charge in [-0.3, -0.25) is 4.99 Å². The van der Waals surface area contributed by atoms with E-state index in [2.05, 4.69) is 41.4 Å². The highest BCUT2D eigenvalue weighted by Gasteiger charge is 2.42. The van der Waals surface area contributed by atoms with Gasteiger partial charge in [-0.05, 0) is 23.1 Å². The van der Waals surface area contributed by atoms with Crippen LogP contribution in [-0.4, -0.2) is 28.6 Å². The fraction of sp³-hybridized carbons (Fsp3) is 0.167. The molecule has 1 aliphatic rings. The molecule has 3 aromatic rings. The second-order valence-corrected chi connectivity index (χ2v) is 8.16. The van der Waals surface area contributed by atoms with Crippen molar-refractivity contribution in [2.75, 3.05) is 6.54 Å². The predicted molar refractivity (Wildman–Crippen MR) is 115 cm³/mol. The van der Waals surface area contributed by atoms with E-state index in [9.17, 15) is 9.90 Å². The average molecular weight is 388 g/mol. The smallest absolute Gasteiger partial charge is 0.350 e. The molecule has 28 heavy (non-hydrogen) atoms. The van der Waals surface area contributed by atoms with E-state index < -0.39 is 10.7 Å². The van der Waals surface area contributed by atoms with Crippen LogP contribution in [0.25, 0.3) is 0 Å². The Morgan fingerprint density at radius 1 is 0.821 bits per heavy atom.